The van der Waals surface area contributed by atoms with Crippen LogP contribution in [0.15, 0.2) is 18.9 Å². The number of carbonyl (C=O) groups is 2. The Morgan fingerprint density at radius 1 is 1.67 bits per heavy atom. The van der Waals surface area contributed by atoms with Gasteiger partial charge in [0.1, 0.15) is 6.04 Å². The number of aryl methyl sites for hydroxylation is 2. The first kappa shape index (κ1) is 14.0. The average molecular weight is 251 g/mol. The highest BCUT2D eigenvalue weighted by atomic mass is 16.4. The van der Waals surface area contributed by atoms with Crippen LogP contribution in [0.25, 0.3) is 0 Å². The lowest BCUT2D eigenvalue weighted by molar-refractivity contribution is -0.139. The van der Waals surface area contributed by atoms with E-state index in [2.05, 4.69) is 17.0 Å². The smallest absolute Gasteiger partial charge is 0.326 e. The number of carboxylic acid groups (broad SMARTS) is 1. The highest BCUT2D eigenvalue weighted by Crippen LogP contribution is 2.08. The van der Waals surface area contributed by atoms with Crippen molar-refractivity contribution in [2.75, 3.05) is 0 Å². The summed E-state index contributed by atoms with van der Waals surface area (Å²) < 4.78 is 1.54. The molecule has 0 aliphatic heterocycles. The number of hydrogen-bond acceptors (Lipinski definition) is 3. The SMILES string of the molecule is C=CCC(NC(=O)c1cn(C)nc1CC)C(=O)O. The minimum atomic E-state index is -1.08. The molecule has 1 atom stereocenters. The van der Waals surface area contributed by atoms with Crippen molar-refractivity contribution >= 4 is 11.9 Å². The number of carbonyl (C=O) groups excluding carboxylic acids is 1. The molecule has 1 heterocycles. The molecule has 6 nitrogen and oxygen atoms in total. The van der Waals surface area contributed by atoms with E-state index in [1.165, 1.54) is 10.8 Å². The normalized spacial score (nSPS) is 11.9. The molecule has 2 N–H and O–H groups in total. The number of hydrogen-bond donors (Lipinski definition) is 2. The molecule has 0 saturated carbocycles. The zero-order chi connectivity index (χ0) is 13.7. The Balaban J connectivity index is 2.86. The van der Waals surface area contributed by atoms with Gasteiger partial charge in [0.2, 0.25) is 0 Å². The molecular weight excluding hydrogens is 234 g/mol. The van der Waals surface area contributed by atoms with E-state index in [-0.39, 0.29) is 6.42 Å². The van der Waals surface area contributed by atoms with Gasteiger partial charge in [-0.1, -0.05) is 13.0 Å². The van der Waals surface area contributed by atoms with Gasteiger partial charge in [-0.15, -0.1) is 6.58 Å². The topological polar surface area (TPSA) is 84.2 Å². The summed E-state index contributed by atoms with van der Waals surface area (Å²) in [5.41, 5.74) is 1.06. The van der Waals surface area contributed by atoms with Gasteiger partial charge in [0.25, 0.3) is 5.91 Å². The molecule has 1 amide bonds. The van der Waals surface area contributed by atoms with Crippen LogP contribution in [0.1, 0.15) is 29.4 Å². The fourth-order valence-corrected chi connectivity index (χ4v) is 1.61. The first-order valence-corrected chi connectivity index (χ1v) is 5.66. The summed E-state index contributed by atoms with van der Waals surface area (Å²) in [6, 6.07) is -0.958. The molecule has 1 aromatic rings. The lowest BCUT2D eigenvalue weighted by Gasteiger charge is -2.12. The fourth-order valence-electron chi connectivity index (χ4n) is 1.61. The molecule has 98 valence electrons. The maximum Gasteiger partial charge on any atom is 0.326 e. The van der Waals surface area contributed by atoms with Gasteiger partial charge in [0, 0.05) is 13.2 Å². The molecule has 0 aromatic carbocycles. The summed E-state index contributed by atoms with van der Waals surface area (Å²) in [6.45, 7) is 5.36. The van der Waals surface area contributed by atoms with Crippen LogP contribution in [0, 0.1) is 0 Å². The van der Waals surface area contributed by atoms with Crippen LogP contribution in [0.2, 0.25) is 0 Å². The number of nitrogens with one attached hydrogen (secondary N) is 1. The summed E-state index contributed by atoms with van der Waals surface area (Å²) in [5.74, 6) is -1.50. The van der Waals surface area contributed by atoms with Crippen LogP contribution in [0.3, 0.4) is 0 Å². The van der Waals surface area contributed by atoms with Gasteiger partial charge in [0.05, 0.1) is 11.3 Å². The van der Waals surface area contributed by atoms with Crippen molar-refractivity contribution in [3.63, 3.8) is 0 Å². The molecule has 0 aliphatic carbocycles. The van der Waals surface area contributed by atoms with E-state index < -0.39 is 17.9 Å². The zero-order valence-electron chi connectivity index (χ0n) is 10.5. The summed E-state index contributed by atoms with van der Waals surface area (Å²) in [4.78, 5) is 22.9. The molecule has 0 aliphatic rings. The third-order valence-corrected chi connectivity index (χ3v) is 2.49. The van der Waals surface area contributed by atoms with E-state index in [0.717, 1.165) is 0 Å². The lowest BCUT2D eigenvalue weighted by atomic mass is 10.1. The number of amides is 1. The van der Waals surface area contributed by atoms with E-state index in [1.807, 2.05) is 6.92 Å². The lowest BCUT2D eigenvalue weighted by Crippen LogP contribution is -2.40. The minimum Gasteiger partial charge on any atom is -0.480 e. The Morgan fingerprint density at radius 3 is 2.83 bits per heavy atom. The highest BCUT2D eigenvalue weighted by Gasteiger charge is 2.21. The van der Waals surface area contributed by atoms with Gasteiger partial charge in [-0.2, -0.15) is 5.10 Å². The molecule has 0 spiro atoms. The molecule has 0 saturated heterocycles. The molecule has 18 heavy (non-hydrogen) atoms. The van der Waals surface area contributed by atoms with E-state index >= 15 is 0 Å². The van der Waals surface area contributed by atoms with Gasteiger partial charge < -0.3 is 10.4 Å². The number of aromatic nitrogens is 2. The maximum atomic E-state index is 12.0. The number of aliphatic carboxylic acids is 1. The third kappa shape index (κ3) is 3.19. The van der Waals surface area contributed by atoms with Gasteiger partial charge in [-0.05, 0) is 12.8 Å². The largest absolute Gasteiger partial charge is 0.480 e. The van der Waals surface area contributed by atoms with Crippen LogP contribution in [0.5, 0.6) is 0 Å². The summed E-state index contributed by atoms with van der Waals surface area (Å²) in [5, 5.41) is 15.5. The standard InChI is InChI=1S/C12H17N3O3/c1-4-6-10(12(17)18)13-11(16)8-7-15(3)14-9(8)5-2/h4,7,10H,1,5-6H2,2-3H3,(H,13,16)(H,17,18). The Hall–Kier alpha value is -2.11. The predicted molar refractivity (Wildman–Crippen MR) is 66.3 cm³/mol. The molecule has 0 fully saturated rings. The average Bonchev–Trinajstić information content (AvgIpc) is 2.69. The molecule has 0 radical (unpaired) electrons. The number of nitrogens with zero attached hydrogens (tertiary/aromatic N) is 2. The molecule has 1 aromatic heterocycles. The Bertz CT molecular complexity index is 465. The highest BCUT2D eigenvalue weighted by molar-refractivity contribution is 5.97. The molecular formula is C12H17N3O3. The monoisotopic (exact) mass is 251 g/mol. The van der Waals surface area contributed by atoms with Gasteiger partial charge in [-0.25, -0.2) is 4.79 Å². The van der Waals surface area contributed by atoms with Crippen molar-refractivity contribution in [1.29, 1.82) is 0 Å². The van der Waals surface area contributed by atoms with E-state index in [1.54, 1.807) is 13.2 Å². The van der Waals surface area contributed by atoms with Crippen molar-refractivity contribution in [2.45, 2.75) is 25.8 Å². The van der Waals surface area contributed by atoms with Crippen molar-refractivity contribution in [2.24, 2.45) is 7.05 Å². The maximum absolute atomic E-state index is 12.0. The molecule has 1 rings (SSSR count). The van der Waals surface area contributed by atoms with Crippen molar-refractivity contribution in [3.8, 4) is 0 Å². The van der Waals surface area contributed by atoms with Crippen LogP contribution < -0.4 is 5.32 Å². The van der Waals surface area contributed by atoms with Gasteiger partial charge in [0.15, 0.2) is 0 Å². The predicted octanol–water partition coefficient (Wildman–Crippen LogP) is 0.742. The zero-order valence-corrected chi connectivity index (χ0v) is 10.5. The summed E-state index contributed by atoms with van der Waals surface area (Å²) in [6.07, 6.45) is 3.84. The molecule has 0 bridgehead atoms. The Labute approximate surface area is 105 Å². The van der Waals surface area contributed by atoms with Gasteiger partial charge >= 0.3 is 5.97 Å². The minimum absolute atomic E-state index is 0.183. The second-order valence-corrected chi connectivity index (χ2v) is 3.91. The fraction of sp³-hybridized carbons (Fsp3) is 0.417. The number of rotatable bonds is 6. The van der Waals surface area contributed by atoms with E-state index in [4.69, 9.17) is 5.11 Å². The number of carboxylic acids is 1. The van der Waals surface area contributed by atoms with Crippen molar-refractivity contribution < 1.29 is 14.7 Å². The Morgan fingerprint density at radius 2 is 2.33 bits per heavy atom. The van der Waals surface area contributed by atoms with Crippen molar-refractivity contribution in [3.05, 3.63) is 30.1 Å². The third-order valence-electron chi connectivity index (χ3n) is 2.49. The second-order valence-electron chi connectivity index (χ2n) is 3.91. The van der Waals surface area contributed by atoms with Crippen molar-refractivity contribution in [1.82, 2.24) is 15.1 Å². The van der Waals surface area contributed by atoms with E-state index in [0.29, 0.717) is 17.7 Å². The van der Waals surface area contributed by atoms with Crippen LogP contribution >= 0.6 is 0 Å². The van der Waals surface area contributed by atoms with Crippen LogP contribution in [-0.4, -0.2) is 32.8 Å². The van der Waals surface area contributed by atoms with E-state index in [9.17, 15) is 9.59 Å². The van der Waals surface area contributed by atoms with Crippen LogP contribution in [0.4, 0.5) is 0 Å². The molecule has 6 heteroatoms. The Kier molecular flexibility index (Phi) is 4.65. The first-order valence-electron chi connectivity index (χ1n) is 5.66. The first-order chi connectivity index (χ1) is 8.49. The molecule has 1 unspecified atom stereocenters. The quantitative estimate of drug-likeness (QED) is 0.730. The van der Waals surface area contributed by atoms with Crippen LogP contribution in [-0.2, 0) is 18.3 Å². The summed E-state index contributed by atoms with van der Waals surface area (Å²) in [7, 11) is 1.72. The summed E-state index contributed by atoms with van der Waals surface area (Å²) >= 11 is 0. The van der Waals surface area contributed by atoms with Gasteiger partial charge in [-0.3, -0.25) is 9.48 Å². The second kappa shape index (κ2) is 6.00.